The molecule has 0 spiro atoms. The number of amidine groups is 1. The van der Waals surface area contributed by atoms with Crippen LogP contribution < -0.4 is 0 Å². The molecule has 0 radical (unpaired) electrons. The fourth-order valence-electron chi connectivity index (χ4n) is 0.960. The third kappa shape index (κ3) is 6.20. The Morgan fingerprint density at radius 3 is 2.00 bits per heavy atom. The molecule has 0 saturated heterocycles. The molecule has 0 saturated carbocycles. The van der Waals surface area contributed by atoms with Crippen molar-refractivity contribution in [3.63, 3.8) is 0 Å². The minimum absolute atomic E-state index is 1.07. The highest BCUT2D eigenvalue weighted by atomic mass is 15.2. The van der Waals surface area contributed by atoms with E-state index in [1.165, 1.54) is 6.42 Å². The van der Waals surface area contributed by atoms with Crippen molar-refractivity contribution in [1.29, 1.82) is 0 Å². The summed E-state index contributed by atoms with van der Waals surface area (Å²) < 4.78 is 0. The molecule has 74 valence electrons. The first-order valence-electron chi connectivity index (χ1n) is 4.94. The van der Waals surface area contributed by atoms with E-state index in [9.17, 15) is 0 Å². The summed E-state index contributed by atoms with van der Waals surface area (Å²) in [6.45, 7) is 12.6. The van der Waals surface area contributed by atoms with Gasteiger partial charge in [0.05, 0.1) is 5.84 Å². The molecule has 0 fully saturated rings. The van der Waals surface area contributed by atoms with Crippen LogP contribution in [0.25, 0.3) is 0 Å². The van der Waals surface area contributed by atoms with Crippen LogP contribution in [-0.2, 0) is 0 Å². The zero-order chi connectivity index (χ0) is 9.98. The van der Waals surface area contributed by atoms with Gasteiger partial charge in [-0.1, -0.05) is 20.8 Å². The van der Waals surface area contributed by atoms with Crippen LogP contribution in [0, 0.1) is 0 Å². The van der Waals surface area contributed by atoms with E-state index in [1.54, 1.807) is 0 Å². The van der Waals surface area contributed by atoms with E-state index in [-0.39, 0.29) is 0 Å². The van der Waals surface area contributed by atoms with Gasteiger partial charge in [-0.2, -0.15) is 0 Å². The molecule has 2 heteroatoms. The van der Waals surface area contributed by atoms with E-state index in [0.29, 0.717) is 0 Å². The highest BCUT2D eigenvalue weighted by molar-refractivity contribution is 5.79. The monoisotopic (exact) mass is 172 g/mol. The van der Waals surface area contributed by atoms with E-state index in [2.05, 4.69) is 30.7 Å². The molecule has 0 aromatic carbocycles. The number of nitrogens with zero attached hydrogens (tertiary/aromatic N) is 2. The second kappa shape index (κ2) is 10.5. The van der Waals surface area contributed by atoms with Crippen LogP contribution in [0.5, 0.6) is 0 Å². The van der Waals surface area contributed by atoms with E-state index in [0.717, 1.165) is 18.9 Å². The predicted octanol–water partition coefficient (Wildman–Crippen LogP) is 2.79. The molecule has 0 aliphatic rings. The average molecular weight is 172 g/mol. The van der Waals surface area contributed by atoms with Crippen molar-refractivity contribution >= 4 is 5.84 Å². The number of hydrogen-bond acceptors (Lipinski definition) is 1. The largest absolute Gasteiger partial charge is 0.361 e. The molecule has 0 atom stereocenters. The van der Waals surface area contributed by atoms with Gasteiger partial charge in [-0.05, 0) is 20.3 Å². The van der Waals surface area contributed by atoms with Gasteiger partial charge in [0.1, 0.15) is 0 Å². The molecule has 0 rings (SSSR count). The molecule has 0 aliphatic carbocycles. The molecule has 0 N–H and O–H groups in total. The molecule has 12 heavy (non-hydrogen) atoms. The normalized spacial score (nSPS) is 10.3. The molecule has 0 amide bonds. The summed E-state index contributed by atoms with van der Waals surface area (Å²) in [4.78, 5) is 6.40. The molecular formula is C10H24N2. The maximum atomic E-state index is 4.12. The van der Waals surface area contributed by atoms with Crippen molar-refractivity contribution < 1.29 is 0 Å². The molecule has 0 bridgehead atoms. The Labute approximate surface area is 77.7 Å². The molecule has 0 aromatic rings. The Balaban J connectivity index is 0. The number of hydrogen-bond donors (Lipinski definition) is 0. The molecule has 0 aliphatic heterocycles. The number of aliphatic imine (C=N–C) groups is 1. The van der Waals surface area contributed by atoms with Crippen LogP contribution in [-0.4, -0.2) is 30.9 Å². The lowest BCUT2D eigenvalue weighted by molar-refractivity contribution is 0.436. The quantitative estimate of drug-likeness (QED) is 0.472. The lowest BCUT2D eigenvalue weighted by Gasteiger charge is -2.20. The van der Waals surface area contributed by atoms with Gasteiger partial charge in [-0.3, -0.25) is 4.99 Å². The molecule has 0 unspecified atom stereocenters. The van der Waals surface area contributed by atoms with Gasteiger partial charge in [0.15, 0.2) is 0 Å². The summed E-state index contributed by atoms with van der Waals surface area (Å²) in [5.41, 5.74) is 0. The van der Waals surface area contributed by atoms with Gasteiger partial charge in [0.25, 0.3) is 0 Å². The van der Waals surface area contributed by atoms with E-state index in [4.69, 9.17) is 0 Å². The zero-order valence-electron chi connectivity index (χ0n) is 9.52. The van der Waals surface area contributed by atoms with Gasteiger partial charge in [0.2, 0.25) is 0 Å². The minimum Gasteiger partial charge on any atom is -0.361 e. The van der Waals surface area contributed by atoms with Gasteiger partial charge in [0, 0.05) is 20.1 Å². The SMILES string of the molecule is CC.CCCN(CC)C(C)=NC. The lowest BCUT2D eigenvalue weighted by Crippen LogP contribution is -2.29. The Bertz CT molecular complexity index is 108. The van der Waals surface area contributed by atoms with Gasteiger partial charge >= 0.3 is 0 Å². The lowest BCUT2D eigenvalue weighted by atomic mass is 10.4. The minimum atomic E-state index is 1.07. The van der Waals surface area contributed by atoms with Crippen molar-refractivity contribution in [2.75, 3.05) is 20.1 Å². The van der Waals surface area contributed by atoms with E-state index < -0.39 is 0 Å². The second-order valence-corrected chi connectivity index (χ2v) is 2.35. The summed E-state index contributed by atoms with van der Waals surface area (Å²) in [6, 6.07) is 0. The fraction of sp³-hybridized carbons (Fsp3) is 0.900. The van der Waals surface area contributed by atoms with Crippen molar-refractivity contribution in [3.05, 3.63) is 0 Å². The van der Waals surface area contributed by atoms with E-state index >= 15 is 0 Å². The summed E-state index contributed by atoms with van der Waals surface area (Å²) in [5.74, 6) is 1.14. The van der Waals surface area contributed by atoms with Crippen molar-refractivity contribution in [1.82, 2.24) is 4.90 Å². The molecule has 0 aromatic heterocycles. The van der Waals surface area contributed by atoms with Crippen molar-refractivity contribution in [2.24, 2.45) is 4.99 Å². The fourth-order valence-corrected chi connectivity index (χ4v) is 0.960. The maximum absolute atomic E-state index is 4.12. The Hall–Kier alpha value is -0.530. The van der Waals surface area contributed by atoms with Crippen LogP contribution in [0.2, 0.25) is 0 Å². The average Bonchev–Trinajstić information content (AvgIpc) is 2.16. The first-order valence-corrected chi connectivity index (χ1v) is 4.94. The third-order valence-electron chi connectivity index (χ3n) is 1.66. The Morgan fingerprint density at radius 2 is 1.75 bits per heavy atom. The zero-order valence-corrected chi connectivity index (χ0v) is 9.52. The number of rotatable bonds is 3. The smallest absolute Gasteiger partial charge is 0.0953 e. The van der Waals surface area contributed by atoms with Crippen LogP contribution in [0.1, 0.15) is 41.0 Å². The van der Waals surface area contributed by atoms with E-state index in [1.807, 2.05) is 20.9 Å². The Kier molecular flexibility index (Phi) is 12.2. The standard InChI is InChI=1S/C8H18N2.C2H6/c1-5-7-10(6-2)8(3)9-4;1-2/h5-7H2,1-4H3;1-2H3. The van der Waals surface area contributed by atoms with Crippen LogP contribution >= 0.6 is 0 Å². The summed E-state index contributed by atoms with van der Waals surface area (Å²) in [6.07, 6.45) is 1.20. The third-order valence-corrected chi connectivity index (χ3v) is 1.66. The first-order chi connectivity index (χ1) is 5.76. The highest BCUT2D eigenvalue weighted by Gasteiger charge is 1.99. The molecule has 2 nitrogen and oxygen atoms in total. The topological polar surface area (TPSA) is 15.6 Å². The Morgan fingerprint density at radius 1 is 1.25 bits per heavy atom. The van der Waals surface area contributed by atoms with Crippen LogP contribution in [0.3, 0.4) is 0 Å². The summed E-state index contributed by atoms with van der Waals surface area (Å²) in [5, 5.41) is 0. The van der Waals surface area contributed by atoms with Crippen LogP contribution in [0.4, 0.5) is 0 Å². The van der Waals surface area contributed by atoms with Gasteiger partial charge in [-0.25, -0.2) is 0 Å². The maximum Gasteiger partial charge on any atom is 0.0953 e. The molecule has 0 heterocycles. The van der Waals surface area contributed by atoms with Crippen LogP contribution in [0.15, 0.2) is 4.99 Å². The predicted molar refractivity (Wildman–Crippen MR) is 57.9 cm³/mol. The first kappa shape index (κ1) is 14.0. The van der Waals surface area contributed by atoms with Gasteiger partial charge < -0.3 is 4.90 Å². The summed E-state index contributed by atoms with van der Waals surface area (Å²) >= 11 is 0. The highest BCUT2D eigenvalue weighted by Crippen LogP contribution is 1.92. The van der Waals surface area contributed by atoms with Gasteiger partial charge in [-0.15, -0.1) is 0 Å². The van der Waals surface area contributed by atoms with Crippen molar-refractivity contribution in [2.45, 2.75) is 41.0 Å². The van der Waals surface area contributed by atoms with Crippen molar-refractivity contribution in [3.8, 4) is 0 Å². The molecular weight excluding hydrogens is 148 g/mol. The second-order valence-electron chi connectivity index (χ2n) is 2.35. The summed E-state index contributed by atoms with van der Waals surface area (Å²) in [7, 11) is 1.84.